The van der Waals surface area contributed by atoms with Crippen LogP contribution < -0.4 is 10.1 Å². The third kappa shape index (κ3) is 3.43. The van der Waals surface area contributed by atoms with Crippen molar-refractivity contribution in [3.63, 3.8) is 0 Å². The highest BCUT2D eigenvalue weighted by Gasteiger charge is 2.29. The van der Waals surface area contributed by atoms with Gasteiger partial charge in [0.1, 0.15) is 11.4 Å². The molecular weight excluding hydrogens is 252 g/mol. The maximum Gasteiger partial charge on any atom is 0.151 e. The highest BCUT2D eigenvalue weighted by Crippen LogP contribution is 2.27. The van der Waals surface area contributed by atoms with Gasteiger partial charge in [-0.3, -0.25) is 4.98 Å². The van der Waals surface area contributed by atoms with Crippen LogP contribution in [0.1, 0.15) is 25.6 Å². The van der Waals surface area contributed by atoms with Gasteiger partial charge >= 0.3 is 0 Å². The Hall–Kier alpha value is -1.14. The summed E-state index contributed by atoms with van der Waals surface area (Å²) in [5.41, 5.74) is 0.625. The summed E-state index contributed by atoms with van der Waals surface area (Å²) in [7, 11) is -1.61. The Kier molecular flexibility index (Phi) is 5.10. The average Bonchev–Trinajstić information content (AvgIpc) is 2.34. The summed E-state index contributed by atoms with van der Waals surface area (Å²) in [5.74, 6) is 0.596. The van der Waals surface area contributed by atoms with Crippen LogP contribution in [0.15, 0.2) is 18.3 Å². The number of aromatic nitrogens is 1. The van der Waals surface area contributed by atoms with Crippen molar-refractivity contribution in [1.82, 2.24) is 10.3 Å². The van der Waals surface area contributed by atoms with E-state index in [9.17, 15) is 8.42 Å². The third-order valence-electron chi connectivity index (χ3n) is 2.88. The summed E-state index contributed by atoms with van der Waals surface area (Å²) < 4.78 is 28.7. The van der Waals surface area contributed by atoms with Gasteiger partial charge in [0.05, 0.1) is 18.4 Å². The first-order valence-corrected chi connectivity index (χ1v) is 7.78. The predicted octanol–water partition coefficient (Wildman–Crippen LogP) is 1.17. The first kappa shape index (κ1) is 14.9. The second-order valence-electron chi connectivity index (χ2n) is 4.16. The summed E-state index contributed by atoms with van der Waals surface area (Å²) in [6.07, 6.45) is 2.87. The zero-order valence-corrected chi connectivity index (χ0v) is 12.0. The predicted molar refractivity (Wildman–Crippen MR) is 71.5 cm³/mol. The van der Waals surface area contributed by atoms with Gasteiger partial charge in [-0.15, -0.1) is 0 Å². The Morgan fingerprint density at radius 1 is 1.50 bits per heavy atom. The minimum Gasteiger partial charge on any atom is -0.495 e. The van der Waals surface area contributed by atoms with Crippen molar-refractivity contribution in [1.29, 1.82) is 0 Å². The van der Waals surface area contributed by atoms with Gasteiger partial charge in [-0.2, -0.15) is 0 Å². The van der Waals surface area contributed by atoms with Gasteiger partial charge in [0.15, 0.2) is 9.84 Å². The Bertz CT molecular complexity index is 488. The first-order valence-electron chi connectivity index (χ1n) is 5.83. The molecule has 1 aromatic heterocycles. The van der Waals surface area contributed by atoms with E-state index in [1.54, 1.807) is 32.4 Å². The number of hydrogen-bond acceptors (Lipinski definition) is 5. The van der Waals surface area contributed by atoms with E-state index in [0.29, 0.717) is 18.0 Å². The lowest BCUT2D eigenvalue weighted by molar-refractivity contribution is 0.392. The zero-order chi connectivity index (χ0) is 13.8. The molecule has 102 valence electrons. The van der Waals surface area contributed by atoms with Crippen LogP contribution in [0.25, 0.3) is 0 Å². The SMILES string of the molecule is CCNC(c1ncccc1OC)C(C)S(C)(=O)=O. The maximum absolute atomic E-state index is 11.7. The van der Waals surface area contributed by atoms with Crippen molar-refractivity contribution in [2.45, 2.75) is 25.1 Å². The smallest absolute Gasteiger partial charge is 0.151 e. The van der Waals surface area contributed by atoms with Crippen molar-refractivity contribution in [2.75, 3.05) is 19.9 Å². The minimum atomic E-state index is -3.16. The number of nitrogens with zero attached hydrogens (tertiary/aromatic N) is 1. The van der Waals surface area contributed by atoms with E-state index in [-0.39, 0.29) is 6.04 Å². The largest absolute Gasteiger partial charge is 0.495 e. The average molecular weight is 272 g/mol. The molecular formula is C12H20N2O3S. The van der Waals surface area contributed by atoms with Crippen molar-refractivity contribution in [3.05, 3.63) is 24.0 Å². The zero-order valence-electron chi connectivity index (χ0n) is 11.2. The van der Waals surface area contributed by atoms with Crippen molar-refractivity contribution in [3.8, 4) is 5.75 Å². The summed E-state index contributed by atoms with van der Waals surface area (Å²) >= 11 is 0. The molecule has 6 heteroatoms. The molecule has 1 rings (SSSR count). The molecule has 0 bridgehead atoms. The van der Waals surface area contributed by atoms with Gasteiger partial charge in [0.2, 0.25) is 0 Å². The van der Waals surface area contributed by atoms with Crippen LogP contribution in [-0.4, -0.2) is 38.6 Å². The number of ether oxygens (including phenoxy) is 1. The summed E-state index contributed by atoms with van der Waals surface area (Å²) in [6.45, 7) is 4.26. The Morgan fingerprint density at radius 3 is 2.67 bits per heavy atom. The number of rotatable bonds is 6. The molecule has 0 amide bonds. The quantitative estimate of drug-likeness (QED) is 0.842. The van der Waals surface area contributed by atoms with Crippen LogP contribution in [0.2, 0.25) is 0 Å². The summed E-state index contributed by atoms with van der Waals surface area (Å²) in [4.78, 5) is 4.25. The Balaban J connectivity index is 3.19. The number of nitrogens with one attached hydrogen (secondary N) is 1. The molecule has 0 aromatic carbocycles. The van der Waals surface area contributed by atoms with E-state index in [1.807, 2.05) is 6.92 Å². The van der Waals surface area contributed by atoms with Gasteiger partial charge in [0, 0.05) is 12.5 Å². The molecule has 18 heavy (non-hydrogen) atoms. The summed E-state index contributed by atoms with van der Waals surface area (Å²) in [5, 5.41) is 2.59. The third-order valence-corrected chi connectivity index (χ3v) is 4.51. The van der Waals surface area contributed by atoms with Gasteiger partial charge < -0.3 is 10.1 Å². The van der Waals surface area contributed by atoms with Crippen LogP contribution in [-0.2, 0) is 9.84 Å². The second kappa shape index (κ2) is 6.15. The molecule has 0 aliphatic carbocycles. The molecule has 1 heterocycles. The molecule has 1 N–H and O–H groups in total. The highest BCUT2D eigenvalue weighted by atomic mass is 32.2. The lowest BCUT2D eigenvalue weighted by Crippen LogP contribution is -2.35. The first-order chi connectivity index (χ1) is 8.41. The Labute approximate surface area is 108 Å². The van der Waals surface area contributed by atoms with Crippen LogP contribution in [0.4, 0.5) is 0 Å². The lowest BCUT2D eigenvalue weighted by Gasteiger charge is -2.24. The van der Waals surface area contributed by atoms with Crippen molar-refractivity contribution >= 4 is 9.84 Å². The fraction of sp³-hybridized carbons (Fsp3) is 0.583. The number of sulfone groups is 1. The second-order valence-corrected chi connectivity index (χ2v) is 6.56. The van der Waals surface area contributed by atoms with Gasteiger partial charge in [-0.25, -0.2) is 8.42 Å². The van der Waals surface area contributed by atoms with Gasteiger partial charge in [-0.05, 0) is 25.6 Å². The fourth-order valence-corrected chi connectivity index (χ4v) is 2.48. The normalized spacial score (nSPS) is 15.1. The van der Waals surface area contributed by atoms with Gasteiger partial charge in [0.25, 0.3) is 0 Å². The highest BCUT2D eigenvalue weighted by molar-refractivity contribution is 7.91. The van der Waals surface area contributed by atoms with Crippen LogP contribution in [0.5, 0.6) is 5.75 Å². The van der Waals surface area contributed by atoms with Gasteiger partial charge in [-0.1, -0.05) is 6.92 Å². The Morgan fingerprint density at radius 2 is 2.17 bits per heavy atom. The number of hydrogen-bond donors (Lipinski definition) is 1. The molecule has 0 saturated carbocycles. The van der Waals surface area contributed by atoms with Crippen molar-refractivity contribution in [2.24, 2.45) is 0 Å². The molecule has 0 fully saturated rings. The van der Waals surface area contributed by atoms with Crippen LogP contribution in [0, 0.1) is 0 Å². The molecule has 0 spiro atoms. The minimum absolute atomic E-state index is 0.374. The standard InChI is InChI=1S/C12H20N2O3S/c1-5-13-11(9(2)18(4,15)16)12-10(17-3)7-6-8-14-12/h6-9,11,13H,5H2,1-4H3. The molecule has 0 aliphatic heterocycles. The van der Waals surface area contributed by atoms with E-state index >= 15 is 0 Å². The monoisotopic (exact) mass is 272 g/mol. The topological polar surface area (TPSA) is 68.3 Å². The molecule has 2 atom stereocenters. The molecule has 0 aliphatic rings. The van der Waals surface area contributed by atoms with E-state index in [1.165, 1.54) is 6.26 Å². The molecule has 5 nitrogen and oxygen atoms in total. The number of methoxy groups -OCH3 is 1. The molecule has 0 saturated heterocycles. The van der Waals surface area contributed by atoms with Crippen LogP contribution >= 0.6 is 0 Å². The fourth-order valence-electron chi connectivity index (χ4n) is 1.76. The van der Waals surface area contributed by atoms with E-state index < -0.39 is 15.1 Å². The summed E-state index contributed by atoms with van der Waals surface area (Å²) in [6, 6.07) is 3.17. The van der Waals surface area contributed by atoms with E-state index in [4.69, 9.17) is 4.74 Å². The van der Waals surface area contributed by atoms with E-state index in [2.05, 4.69) is 10.3 Å². The maximum atomic E-state index is 11.7. The molecule has 0 radical (unpaired) electrons. The van der Waals surface area contributed by atoms with E-state index in [0.717, 1.165) is 0 Å². The lowest BCUT2D eigenvalue weighted by atomic mass is 10.1. The molecule has 2 unspecified atom stereocenters. The van der Waals surface area contributed by atoms with Crippen molar-refractivity contribution < 1.29 is 13.2 Å². The van der Waals surface area contributed by atoms with Crippen LogP contribution in [0.3, 0.4) is 0 Å². The number of pyridine rings is 1. The molecule has 1 aromatic rings.